The Bertz CT molecular complexity index is 2890. The van der Waals surface area contributed by atoms with Gasteiger partial charge in [0.15, 0.2) is 5.82 Å². The monoisotopic (exact) mass is 701 g/mol. The van der Waals surface area contributed by atoms with Gasteiger partial charge in [-0.15, -0.1) is 0 Å². The number of hydrogen-bond acceptors (Lipinski definition) is 2. The minimum Gasteiger partial charge on any atom is -0.294 e. The van der Waals surface area contributed by atoms with E-state index in [1.54, 1.807) is 0 Å². The third kappa shape index (κ3) is 6.08. The highest BCUT2D eigenvalue weighted by atomic mass is 15.1. The number of para-hydroxylation sites is 2. The van der Waals surface area contributed by atoms with Gasteiger partial charge in [-0.1, -0.05) is 164 Å². The molecule has 0 unspecified atom stereocenters. The van der Waals surface area contributed by atoms with Gasteiger partial charge in [0.25, 0.3) is 0 Å². The van der Waals surface area contributed by atoms with Gasteiger partial charge in [0.05, 0.1) is 16.6 Å². The maximum Gasteiger partial charge on any atom is 0.162 e. The smallest absolute Gasteiger partial charge is 0.162 e. The first-order valence-corrected chi connectivity index (χ1v) is 18.7. The van der Waals surface area contributed by atoms with E-state index in [1.165, 1.54) is 11.1 Å². The van der Waals surface area contributed by atoms with Crippen molar-refractivity contribution >= 4 is 21.9 Å². The van der Waals surface area contributed by atoms with Crippen molar-refractivity contribution in [3.05, 3.63) is 212 Å². The molecule has 0 spiro atoms. The SMILES string of the molecule is c1ccc(-c2cccc(-c3cccc(-c4nc(-c5cc(-c6ccccc6)cc(-c6ccccc6)c5)c5c6ccccc6n(-c6ccccc6)c5n4)c3)c2)cc1. The number of nitrogens with zero attached hydrogens (tertiary/aromatic N) is 3. The Morgan fingerprint density at radius 2 is 0.727 bits per heavy atom. The van der Waals surface area contributed by atoms with Crippen molar-refractivity contribution < 1.29 is 0 Å². The van der Waals surface area contributed by atoms with Crippen LogP contribution < -0.4 is 0 Å². The molecule has 3 heteroatoms. The molecule has 0 atom stereocenters. The summed E-state index contributed by atoms with van der Waals surface area (Å²) in [6.07, 6.45) is 0. The molecular weight excluding hydrogens is 667 g/mol. The van der Waals surface area contributed by atoms with E-state index in [4.69, 9.17) is 9.97 Å². The molecule has 2 aromatic heterocycles. The van der Waals surface area contributed by atoms with E-state index in [0.717, 1.165) is 77.8 Å². The minimum absolute atomic E-state index is 0.676. The highest BCUT2D eigenvalue weighted by Crippen LogP contribution is 2.41. The Morgan fingerprint density at radius 3 is 1.33 bits per heavy atom. The summed E-state index contributed by atoms with van der Waals surface area (Å²) in [4.78, 5) is 11.0. The van der Waals surface area contributed by atoms with Crippen molar-refractivity contribution in [3.8, 4) is 72.8 Å². The van der Waals surface area contributed by atoms with Crippen LogP contribution in [0.5, 0.6) is 0 Å². The number of fused-ring (bicyclic) bond motifs is 3. The van der Waals surface area contributed by atoms with Crippen LogP contribution in [-0.2, 0) is 0 Å². The first kappa shape index (κ1) is 32.3. The average Bonchev–Trinajstić information content (AvgIpc) is 3.61. The number of rotatable bonds is 7. The van der Waals surface area contributed by atoms with Crippen molar-refractivity contribution in [1.82, 2.24) is 14.5 Å². The Morgan fingerprint density at radius 1 is 0.309 bits per heavy atom. The zero-order chi connectivity index (χ0) is 36.6. The molecule has 2 heterocycles. The summed E-state index contributed by atoms with van der Waals surface area (Å²) in [5, 5.41) is 2.14. The first-order chi connectivity index (χ1) is 27.3. The van der Waals surface area contributed by atoms with Crippen LogP contribution in [0.4, 0.5) is 0 Å². The summed E-state index contributed by atoms with van der Waals surface area (Å²) in [6, 6.07) is 75.1. The lowest BCUT2D eigenvalue weighted by Crippen LogP contribution is -2.00. The molecule has 0 radical (unpaired) electrons. The van der Waals surface area contributed by atoms with Crippen molar-refractivity contribution in [2.24, 2.45) is 0 Å². The van der Waals surface area contributed by atoms with Gasteiger partial charge >= 0.3 is 0 Å². The van der Waals surface area contributed by atoms with Gasteiger partial charge in [-0.3, -0.25) is 4.57 Å². The standard InChI is InChI=1S/C52H35N3/c1-5-17-36(18-6-1)39-23-15-24-40(31-39)41-25-16-26-42(32-41)51-53-50(49-47-29-13-14-30-48(47)55(52(49)54-51)46-27-11-4-12-28-46)45-34-43(37-19-7-2-8-20-37)33-44(35-45)38-21-9-3-10-22-38/h1-35H. The number of benzene rings is 8. The minimum atomic E-state index is 0.676. The molecule has 0 bridgehead atoms. The molecule has 0 aliphatic rings. The molecule has 0 saturated carbocycles. The normalized spacial score (nSPS) is 11.3. The molecule has 0 saturated heterocycles. The van der Waals surface area contributed by atoms with Crippen LogP contribution >= 0.6 is 0 Å². The van der Waals surface area contributed by atoms with E-state index >= 15 is 0 Å². The van der Waals surface area contributed by atoms with Crippen molar-refractivity contribution in [2.45, 2.75) is 0 Å². The van der Waals surface area contributed by atoms with E-state index in [2.05, 4.69) is 217 Å². The fraction of sp³-hybridized carbons (Fsp3) is 0. The van der Waals surface area contributed by atoms with E-state index in [-0.39, 0.29) is 0 Å². The molecule has 0 amide bonds. The van der Waals surface area contributed by atoms with Gasteiger partial charge in [0.1, 0.15) is 5.65 Å². The zero-order valence-corrected chi connectivity index (χ0v) is 30.0. The largest absolute Gasteiger partial charge is 0.294 e. The summed E-state index contributed by atoms with van der Waals surface area (Å²) >= 11 is 0. The van der Waals surface area contributed by atoms with Gasteiger partial charge in [-0.2, -0.15) is 0 Å². The fourth-order valence-corrected chi connectivity index (χ4v) is 7.73. The van der Waals surface area contributed by atoms with Gasteiger partial charge in [0, 0.05) is 22.2 Å². The number of hydrogen-bond donors (Lipinski definition) is 0. The van der Waals surface area contributed by atoms with Crippen LogP contribution in [0.15, 0.2) is 212 Å². The maximum absolute atomic E-state index is 5.54. The average molecular weight is 702 g/mol. The van der Waals surface area contributed by atoms with Crippen molar-refractivity contribution in [3.63, 3.8) is 0 Å². The summed E-state index contributed by atoms with van der Waals surface area (Å²) in [6.45, 7) is 0. The molecule has 3 nitrogen and oxygen atoms in total. The van der Waals surface area contributed by atoms with Crippen LogP contribution in [0.1, 0.15) is 0 Å². The Kier molecular flexibility index (Phi) is 8.16. The third-order valence-electron chi connectivity index (χ3n) is 10.4. The van der Waals surface area contributed by atoms with Crippen LogP contribution in [0.2, 0.25) is 0 Å². The van der Waals surface area contributed by atoms with E-state index in [0.29, 0.717) is 5.82 Å². The summed E-state index contributed by atoms with van der Waals surface area (Å²) in [5.74, 6) is 0.676. The number of aromatic nitrogens is 3. The van der Waals surface area contributed by atoms with Gasteiger partial charge in [0.2, 0.25) is 0 Å². The zero-order valence-electron chi connectivity index (χ0n) is 30.0. The molecule has 258 valence electrons. The topological polar surface area (TPSA) is 30.7 Å². The molecule has 0 fully saturated rings. The first-order valence-electron chi connectivity index (χ1n) is 18.7. The summed E-state index contributed by atoms with van der Waals surface area (Å²) < 4.78 is 2.28. The molecule has 8 aromatic carbocycles. The molecular formula is C52H35N3. The van der Waals surface area contributed by atoms with Gasteiger partial charge in [-0.05, 0) is 93.0 Å². The lowest BCUT2D eigenvalue weighted by molar-refractivity contribution is 1.11. The van der Waals surface area contributed by atoms with Crippen LogP contribution in [0, 0.1) is 0 Å². The highest BCUT2D eigenvalue weighted by Gasteiger charge is 2.22. The highest BCUT2D eigenvalue weighted by molar-refractivity contribution is 6.14. The third-order valence-corrected chi connectivity index (χ3v) is 10.4. The second kappa shape index (κ2) is 13.9. The lowest BCUT2D eigenvalue weighted by Gasteiger charge is -2.14. The van der Waals surface area contributed by atoms with Crippen LogP contribution in [0.25, 0.3) is 94.8 Å². The molecule has 0 N–H and O–H groups in total. The molecule has 55 heavy (non-hydrogen) atoms. The van der Waals surface area contributed by atoms with Crippen molar-refractivity contribution in [2.75, 3.05) is 0 Å². The molecule has 10 aromatic rings. The molecule has 10 rings (SSSR count). The lowest BCUT2D eigenvalue weighted by atomic mass is 9.94. The molecule has 0 aliphatic heterocycles. The van der Waals surface area contributed by atoms with E-state index in [1.807, 2.05) is 0 Å². The maximum atomic E-state index is 5.54. The summed E-state index contributed by atoms with van der Waals surface area (Å²) in [7, 11) is 0. The predicted octanol–water partition coefficient (Wildman–Crippen LogP) is 13.6. The quantitative estimate of drug-likeness (QED) is 0.166. The fourth-order valence-electron chi connectivity index (χ4n) is 7.73. The van der Waals surface area contributed by atoms with E-state index in [9.17, 15) is 0 Å². The second-order valence-electron chi connectivity index (χ2n) is 13.8. The Labute approximate surface area is 320 Å². The van der Waals surface area contributed by atoms with Gasteiger partial charge in [-0.25, -0.2) is 9.97 Å². The van der Waals surface area contributed by atoms with Gasteiger partial charge < -0.3 is 0 Å². The summed E-state index contributed by atoms with van der Waals surface area (Å²) in [5.41, 5.74) is 15.1. The van der Waals surface area contributed by atoms with Crippen molar-refractivity contribution in [1.29, 1.82) is 0 Å². The Hall–Kier alpha value is -7.36. The second-order valence-corrected chi connectivity index (χ2v) is 13.8. The van der Waals surface area contributed by atoms with E-state index < -0.39 is 0 Å². The Balaban J connectivity index is 1.24. The predicted molar refractivity (Wildman–Crippen MR) is 229 cm³/mol. The molecule has 0 aliphatic carbocycles. The van der Waals surface area contributed by atoms with Crippen LogP contribution in [-0.4, -0.2) is 14.5 Å². The van der Waals surface area contributed by atoms with Crippen LogP contribution in [0.3, 0.4) is 0 Å².